The fraction of sp³-hybridized carbons (Fsp3) is 0.222. The van der Waals surface area contributed by atoms with Gasteiger partial charge in [-0.3, -0.25) is 4.79 Å². The molecular formula is C18H18ClN5O2S. The van der Waals surface area contributed by atoms with E-state index in [2.05, 4.69) is 20.8 Å². The Morgan fingerprint density at radius 2 is 2.11 bits per heavy atom. The van der Waals surface area contributed by atoms with Gasteiger partial charge in [0.15, 0.2) is 0 Å². The number of thioether (sulfide) groups is 1. The maximum absolute atomic E-state index is 12.1. The predicted molar refractivity (Wildman–Crippen MR) is 106 cm³/mol. The zero-order valence-corrected chi connectivity index (χ0v) is 16.2. The van der Waals surface area contributed by atoms with Crippen LogP contribution in [0.25, 0.3) is 5.69 Å². The van der Waals surface area contributed by atoms with Crippen LogP contribution in [0.4, 0.5) is 5.69 Å². The van der Waals surface area contributed by atoms with Gasteiger partial charge in [-0.2, -0.15) is 4.68 Å². The van der Waals surface area contributed by atoms with Gasteiger partial charge in [0.05, 0.1) is 6.61 Å². The maximum atomic E-state index is 12.1. The number of para-hydroxylation sites is 2. The largest absolute Gasteiger partial charge is 0.492 e. The van der Waals surface area contributed by atoms with E-state index in [1.165, 1.54) is 11.8 Å². The Morgan fingerprint density at radius 1 is 1.26 bits per heavy atom. The number of ether oxygens (including phenoxy) is 1. The second-order valence-corrected chi connectivity index (χ2v) is 6.93. The first kappa shape index (κ1) is 19.2. The van der Waals surface area contributed by atoms with E-state index in [1.54, 1.807) is 28.9 Å². The molecule has 0 aliphatic carbocycles. The Bertz CT molecular complexity index is 918. The Kier molecular flexibility index (Phi) is 6.67. The molecule has 27 heavy (non-hydrogen) atoms. The molecule has 7 nitrogen and oxygen atoms in total. The van der Waals surface area contributed by atoms with Gasteiger partial charge in [-0.25, -0.2) is 0 Å². The van der Waals surface area contributed by atoms with Gasteiger partial charge >= 0.3 is 0 Å². The zero-order valence-electron chi connectivity index (χ0n) is 14.6. The molecule has 0 saturated heterocycles. The normalized spacial score (nSPS) is 10.6. The molecule has 3 rings (SSSR count). The number of anilines is 1. The number of amides is 1. The van der Waals surface area contributed by atoms with Crippen LogP contribution in [0.15, 0.2) is 53.7 Å². The summed E-state index contributed by atoms with van der Waals surface area (Å²) in [4.78, 5) is 12.1. The number of tetrazole rings is 1. The van der Waals surface area contributed by atoms with Crippen molar-refractivity contribution in [3.63, 3.8) is 0 Å². The summed E-state index contributed by atoms with van der Waals surface area (Å²) >= 11 is 7.32. The SMILES string of the molecule is CCOc1ccccc1-n1nnnc1SCCC(=O)Nc1cccc(Cl)c1. The quantitative estimate of drug-likeness (QED) is 0.575. The van der Waals surface area contributed by atoms with E-state index in [9.17, 15) is 4.79 Å². The number of nitrogens with zero attached hydrogens (tertiary/aromatic N) is 4. The molecule has 0 spiro atoms. The lowest BCUT2D eigenvalue weighted by Gasteiger charge is -2.10. The van der Waals surface area contributed by atoms with Gasteiger partial charge in [0.1, 0.15) is 11.4 Å². The van der Waals surface area contributed by atoms with E-state index in [1.807, 2.05) is 31.2 Å². The first-order chi connectivity index (χ1) is 13.2. The van der Waals surface area contributed by atoms with Crippen LogP contribution < -0.4 is 10.1 Å². The molecular weight excluding hydrogens is 386 g/mol. The van der Waals surface area contributed by atoms with Gasteiger partial charge in [0.2, 0.25) is 11.1 Å². The summed E-state index contributed by atoms with van der Waals surface area (Å²) in [5.74, 6) is 1.13. The van der Waals surface area contributed by atoms with Crippen molar-refractivity contribution >= 4 is 35.0 Å². The van der Waals surface area contributed by atoms with Gasteiger partial charge in [-0.05, 0) is 47.7 Å². The maximum Gasteiger partial charge on any atom is 0.225 e. The van der Waals surface area contributed by atoms with Crippen molar-refractivity contribution in [1.29, 1.82) is 0 Å². The van der Waals surface area contributed by atoms with Gasteiger partial charge < -0.3 is 10.1 Å². The molecule has 3 aromatic rings. The summed E-state index contributed by atoms with van der Waals surface area (Å²) in [6, 6.07) is 14.6. The van der Waals surface area contributed by atoms with Crippen LogP contribution >= 0.6 is 23.4 Å². The summed E-state index contributed by atoms with van der Waals surface area (Å²) < 4.78 is 7.25. The average Bonchev–Trinajstić information content (AvgIpc) is 3.11. The highest BCUT2D eigenvalue weighted by Gasteiger charge is 2.14. The topological polar surface area (TPSA) is 81.9 Å². The Balaban J connectivity index is 1.60. The number of nitrogens with one attached hydrogen (secondary N) is 1. The lowest BCUT2D eigenvalue weighted by atomic mass is 10.3. The van der Waals surface area contributed by atoms with Crippen molar-refractivity contribution in [2.24, 2.45) is 0 Å². The summed E-state index contributed by atoms with van der Waals surface area (Å²) in [5.41, 5.74) is 1.43. The molecule has 0 saturated carbocycles. The molecule has 1 heterocycles. The molecule has 0 unspecified atom stereocenters. The van der Waals surface area contributed by atoms with Gasteiger partial charge in [-0.1, -0.05) is 41.6 Å². The highest BCUT2D eigenvalue weighted by atomic mass is 35.5. The third-order valence-electron chi connectivity index (χ3n) is 3.50. The van der Waals surface area contributed by atoms with Crippen molar-refractivity contribution in [1.82, 2.24) is 20.2 Å². The molecule has 1 amide bonds. The second-order valence-electron chi connectivity index (χ2n) is 5.43. The van der Waals surface area contributed by atoms with Gasteiger partial charge in [0, 0.05) is 22.9 Å². The summed E-state index contributed by atoms with van der Waals surface area (Å²) in [6.07, 6.45) is 0.317. The summed E-state index contributed by atoms with van der Waals surface area (Å²) in [7, 11) is 0. The lowest BCUT2D eigenvalue weighted by molar-refractivity contribution is -0.115. The van der Waals surface area contributed by atoms with Crippen molar-refractivity contribution in [3.8, 4) is 11.4 Å². The van der Waals surface area contributed by atoms with Crippen LogP contribution in [-0.4, -0.2) is 38.5 Å². The minimum atomic E-state index is -0.0986. The lowest BCUT2D eigenvalue weighted by Crippen LogP contribution is -2.12. The van der Waals surface area contributed by atoms with Crippen LogP contribution in [0.1, 0.15) is 13.3 Å². The van der Waals surface area contributed by atoms with Crippen molar-refractivity contribution in [2.75, 3.05) is 17.7 Å². The Hall–Kier alpha value is -2.58. The molecule has 1 aromatic heterocycles. The van der Waals surface area contributed by atoms with E-state index < -0.39 is 0 Å². The zero-order chi connectivity index (χ0) is 19.1. The fourth-order valence-electron chi connectivity index (χ4n) is 2.35. The van der Waals surface area contributed by atoms with Crippen molar-refractivity contribution < 1.29 is 9.53 Å². The summed E-state index contributed by atoms with van der Waals surface area (Å²) in [6.45, 7) is 2.47. The molecule has 1 N–H and O–H groups in total. The van der Waals surface area contributed by atoms with Crippen molar-refractivity contribution in [3.05, 3.63) is 53.6 Å². The number of halogens is 1. The molecule has 2 aromatic carbocycles. The van der Waals surface area contributed by atoms with E-state index in [4.69, 9.17) is 16.3 Å². The smallest absolute Gasteiger partial charge is 0.225 e. The number of carbonyl (C=O) groups is 1. The van der Waals surface area contributed by atoms with Gasteiger partial charge in [0.25, 0.3) is 0 Å². The van der Waals surface area contributed by atoms with E-state index in [0.29, 0.717) is 40.4 Å². The average molecular weight is 404 g/mol. The number of carbonyl (C=O) groups excluding carboxylic acids is 1. The highest BCUT2D eigenvalue weighted by Crippen LogP contribution is 2.26. The van der Waals surface area contributed by atoms with Crippen LogP contribution in [0, 0.1) is 0 Å². The van der Waals surface area contributed by atoms with Crippen LogP contribution in [0.5, 0.6) is 5.75 Å². The number of hydrogen-bond donors (Lipinski definition) is 1. The first-order valence-corrected chi connectivity index (χ1v) is 9.72. The molecule has 0 aliphatic rings. The molecule has 0 aliphatic heterocycles. The van der Waals surface area contributed by atoms with Crippen LogP contribution in [-0.2, 0) is 4.79 Å². The third kappa shape index (κ3) is 5.21. The minimum Gasteiger partial charge on any atom is -0.492 e. The summed E-state index contributed by atoms with van der Waals surface area (Å²) in [5, 5.41) is 15.8. The molecule has 9 heteroatoms. The van der Waals surface area contributed by atoms with Crippen LogP contribution in [0.3, 0.4) is 0 Å². The Morgan fingerprint density at radius 3 is 2.93 bits per heavy atom. The predicted octanol–water partition coefficient (Wildman–Crippen LogP) is 3.84. The van der Waals surface area contributed by atoms with Crippen molar-refractivity contribution in [2.45, 2.75) is 18.5 Å². The molecule has 0 fully saturated rings. The number of aromatic nitrogens is 4. The number of rotatable bonds is 8. The van der Waals surface area contributed by atoms with E-state index >= 15 is 0 Å². The first-order valence-electron chi connectivity index (χ1n) is 8.36. The molecule has 0 atom stereocenters. The van der Waals surface area contributed by atoms with E-state index in [-0.39, 0.29) is 5.91 Å². The number of benzene rings is 2. The number of hydrogen-bond acceptors (Lipinski definition) is 6. The molecule has 0 radical (unpaired) electrons. The standard InChI is InChI=1S/C18H18ClN5O2S/c1-2-26-16-9-4-3-8-15(16)24-18(21-22-23-24)27-11-10-17(25)20-14-7-5-6-13(19)12-14/h3-9,12H,2,10-11H2,1H3,(H,20,25). The Labute approximate surface area is 166 Å². The minimum absolute atomic E-state index is 0.0986. The third-order valence-corrected chi connectivity index (χ3v) is 4.66. The second kappa shape index (κ2) is 9.38. The van der Waals surface area contributed by atoms with Gasteiger partial charge in [-0.15, -0.1) is 5.10 Å². The van der Waals surface area contributed by atoms with Crippen LogP contribution in [0.2, 0.25) is 5.02 Å². The molecule has 0 bridgehead atoms. The fourth-order valence-corrected chi connectivity index (χ4v) is 3.37. The highest BCUT2D eigenvalue weighted by molar-refractivity contribution is 7.99. The van der Waals surface area contributed by atoms with E-state index in [0.717, 1.165) is 5.69 Å². The monoisotopic (exact) mass is 403 g/mol. The molecule has 140 valence electrons.